The van der Waals surface area contributed by atoms with Gasteiger partial charge in [0, 0.05) is 33.1 Å². The molecule has 2 N–H and O–H groups in total. The summed E-state index contributed by atoms with van der Waals surface area (Å²) >= 11 is 0. The number of rotatable bonds is 5. The summed E-state index contributed by atoms with van der Waals surface area (Å²) in [7, 11) is 0. The Morgan fingerprint density at radius 1 is 1.14 bits per heavy atom. The first-order valence-corrected chi connectivity index (χ1v) is 10.5. The Labute approximate surface area is 172 Å². The zero-order valence-corrected chi connectivity index (χ0v) is 17.5. The molecule has 1 saturated heterocycles. The molecule has 6 nitrogen and oxygen atoms in total. The standard InChI is InChI=1S/C22H33FN2O4/c1-17-12-19(6-7-20(17)23)29-16-22(28)14-24(10-11-25(15-22)18(2)26)13-21(27)8-4-3-5-9-21/h6-7,12,27-28H,3-5,8-11,13-16H2,1-2H3/t22-/m1/s1. The van der Waals surface area contributed by atoms with Crippen LogP contribution in [0, 0.1) is 12.7 Å². The highest BCUT2D eigenvalue weighted by Gasteiger charge is 2.40. The monoisotopic (exact) mass is 408 g/mol. The average molecular weight is 409 g/mol. The normalized spacial score (nSPS) is 25.5. The number of hydrogen-bond acceptors (Lipinski definition) is 5. The molecule has 1 aromatic carbocycles. The van der Waals surface area contributed by atoms with E-state index in [4.69, 9.17) is 4.74 Å². The van der Waals surface area contributed by atoms with Gasteiger partial charge in [0.1, 0.15) is 23.8 Å². The van der Waals surface area contributed by atoms with Gasteiger partial charge in [0.15, 0.2) is 0 Å². The molecule has 1 heterocycles. The Morgan fingerprint density at radius 2 is 1.86 bits per heavy atom. The number of β-amino-alcohol motifs (C(OH)–C–C–N with tert-alkyl or cyclic N) is 2. The van der Waals surface area contributed by atoms with Gasteiger partial charge in [-0.25, -0.2) is 4.39 Å². The molecule has 162 valence electrons. The molecule has 1 atom stereocenters. The number of hydrogen-bond donors (Lipinski definition) is 2. The van der Waals surface area contributed by atoms with Gasteiger partial charge in [-0.1, -0.05) is 19.3 Å². The Morgan fingerprint density at radius 3 is 2.52 bits per heavy atom. The van der Waals surface area contributed by atoms with Gasteiger partial charge in [-0.2, -0.15) is 0 Å². The van der Waals surface area contributed by atoms with Gasteiger partial charge in [-0.15, -0.1) is 0 Å². The fraction of sp³-hybridized carbons (Fsp3) is 0.682. The van der Waals surface area contributed by atoms with Crippen LogP contribution in [0.4, 0.5) is 4.39 Å². The molecule has 7 heteroatoms. The Hall–Kier alpha value is -1.70. The van der Waals surface area contributed by atoms with Gasteiger partial charge >= 0.3 is 0 Å². The number of carbonyl (C=O) groups is 1. The van der Waals surface area contributed by atoms with Crippen LogP contribution in [0.2, 0.25) is 0 Å². The molecular weight excluding hydrogens is 375 g/mol. The number of ether oxygens (including phenoxy) is 1. The van der Waals surface area contributed by atoms with Gasteiger partial charge in [0.2, 0.25) is 5.91 Å². The lowest BCUT2D eigenvalue weighted by atomic mass is 9.84. The average Bonchev–Trinajstić information content (AvgIpc) is 2.82. The van der Waals surface area contributed by atoms with Crippen molar-refractivity contribution in [3.05, 3.63) is 29.6 Å². The number of carbonyl (C=O) groups excluding carboxylic acids is 1. The van der Waals surface area contributed by atoms with Gasteiger partial charge in [-0.3, -0.25) is 9.69 Å². The maximum absolute atomic E-state index is 13.5. The predicted octanol–water partition coefficient (Wildman–Crippen LogP) is 2.10. The summed E-state index contributed by atoms with van der Waals surface area (Å²) in [6.07, 6.45) is 4.71. The summed E-state index contributed by atoms with van der Waals surface area (Å²) in [6.45, 7) is 5.19. The van der Waals surface area contributed by atoms with E-state index in [0.717, 1.165) is 32.1 Å². The van der Waals surface area contributed by atoms with Crippen molar-refractivity contribution in [1.82, 2.24) is 9.80 Å². The molecule has 0 radical (unpaired) electrons. The molecule has 2 aliphatic rings. The third kappa shape index (κ3) is 5.90. The van der Waals surface area contributed by atoms with Crippen molar-refractivity contribution in [1.29, 1.82) is 0 Å². The SMILES string of the molecule is CC(=O)N1CCN(CC2(O)CCCCC2)C[C@](O)(COc2ccc(F)c(C)c2)C1. The van der Waals surface area contributed by atoms with Crippen molar-refractivity contribution in [2.24, 2.45) is 0 Å². The van der Waals surface area contributed by atoms with Crippen molar-refractivity contribution >= 4 is 5.91 Å². The minimum absolute atomic E-state index is 0.0171. The third-order valence-corrected chi connectivity index (χ3v) is 6.07. The maximum atomic E-state index is 13.5. The second-order valence-electron chi connectivity index (χ2n) is 8.86. The summed E-state index contributed by atoms with van der Waals surface area (Å²) in [5.41, 5.74) is -1.54. The van der Waals surface area contributed by atoms with Crippen LogP contribution in [0.1, 0.15) is 44.6 Å². The van der Waals surface area contributed by atoms with Gasteiger partial charge < -0.3 is 19.8 Å². The molecule has 29 heavy (non-hydrogen) atoms. The van der Waals surface area contributed by atoms with Crippen molar-refractivity contribution in [2.75, 3.05) is 39.3 Å². The van der Waals surface area contributed by atoms with E-state index >= 15 is 0 Å². The van der Waals surface area contributed by atoms with E-state index in [1.807, 2.05) is 4.90 Å². The third-order valence-electron chi connectivity index (χ3n) is 6.07. The Kier molecular flexibility index (Phi) is 6.81. The molecule has 2 fully saturated rings. The molecule has 0 spiro atoms. The zero-order valence-electron chi connectivity index (χ0n) is 17.5. The lowest BCUT2D eigenvalue weighted by Gasteiger charge is -2.38. The zero-order chi connectivity index (χ0) is 21.1. The minimum Gasteiger partial charge on any atom is -0.490 e. The topological polar surface area (TPSA) is 73.2 Å². The molecule has 1 aliphatic carbocycles. The molecule has 1 amide bonds. The van der Waals surface area contributed by atoms with E-state index in [1.54, 1.807) is 17.9 Å². The van der Waals surface area contributed by atoms with Crippen molar-refractivity contribution in [3.63, 3.8) is 0 Å². The first kappa shape index (κ1) is 22.0. The number of amides is 1. The number of halogens is 1. The molecular formula is C22H33FN2O4. The van der Waals surface area contributed by atoms with Crippen LogP contribution in [0.15, 0.2) is 18.2 Å². The lowest BCUT2D eigenvalue weighted by Crippen LogP contribution is -2.54. The molecule has 0 bridgehead atoms. The number of aliphatic hydroxyl groups is 2. The Balaban J connectivity index is 1.71. The van der Waals surface area contributed by atoms with E-state index in [2.05, 4.69) is 0 Å². The quantitative estimate of drug-likeness (QED) is 0.781. The molecule has 1 aromatic rings. The Bertz CT molecular complexity index is 723. The summed E-state index contributed by atoms with van der Waals surface area (Å²) < 4.78 is 19.3. The number of benzene rings is 1. The smallest absolute Gasteiger partial charge is 0.219 e. The van der Waals surface area contributed by atoms with Gasteiger partial charge in [0.05, 0.1) is 12.1 Å². The second-order valence-corrected chi connectivity index (χ2v) is 8.86. The van der Waals surface area contributed by atoms with Crippen LogP contribution in [0.5, 0.6) is 5.75 Å². The van der Waals surface area contributed by atoms with E-state index in [1.165, 1.54) is 19.1 Å². The van der Waals surface area contributed by atoms with Gasteiger partial charge in [-0.05, 0) is 43.5 Å². The molecule has 0 unspecified atom stereocenters. The van der Waals surface area contributed by atoms with E-state index in [-0.39, 0.29) is 24.9 Å². The van der Waals surface area contributed by atoms with Crippen LogP contribution >= 0.6 is 0 Å². The summed E-state index contributed by atoms with van der Waals surface area (Å²) in [4.78, 5) is 15.7. The molecule has 3 rings (SSSR count). The summed E-state index contributed by atoms with van der Waals surface area (Å²) in [5.74, 6) is 0.0767. The lowest BCUT2D eigenvalue weighted by molar-refractivity contribution is -0.132. The first-order valence-electron chi connectivity index (χ1n) is 10.5. The minimum atomic E-state index is -1.28. The molecule has 1 aliphatic heterocycles. The largest absolute Gasteiger partial charge is 0.490 e. The van der Waals surface area contributed by atoms with Crippen LogP contribution in [0.3, 0.4) is 0 Å². The van der Waals surface area contributed by atoms with Crippen LogP contribution in [-0.4, -0.2) is 76.5 Å². The van der Waals surface area contributed by atoms with Crippen LogP contribution < -0.4 is 4.74 Å². The van der Waals surface area contributed by atoms with E-state index in [0.29, 0.717) is 37.5 Å². The second kappa shape index (κ2) is 8.98. The fourth-order valence-electron chi connectivity index (χ4n) is 4.45. The van der Waals surface area contributed by atoms with Crippen molar-refractivity contribution < 1.29 is 24.1 Å². The highest BCUT2D eigenvalue weighted by Crippen LogP contribution is 2.30. The van der Waals surface area contributed by atoms with Crippen molar-refractivity contribution in [2.45, 2.75) is 57.2 Å². The number of aryl methyl sites for hydroxylation is 1. The fourth-order valence-corrected chi connectivity index (χ4v) is 4.45. The van der Waals surface area contributed by atoms with Crippen LogP contribution in [0.25, 0.3) is 0 Å². The predicted molar refractivity (Wildman–Crippen MR) is 108 cm³/mol. The molecule has 0 aromatic heterocycles. The number of nitrogens with zero attached hydrogens (tertiary/aromatic N) is 2. The highest BCUT2D eigenvalue weighted by molar-refractivity contribution is 5.73. The van der Waals surface area contributed by atoms with E-state index in [9.17, 15) is 19.4 Å². The van der Waals surface area contributed by atoms with Crippen molar-refractivity contribution in [3.8, 4) is 5.75 Å². The summed E-state index contributed by atoms with van der Waals surface area (Å²) in [5, 5.41) is 22.3. The van der Waals surface area contributed by atoms with Gasteiger partial charge in [0.25, 0.3) is 0 Å². The summed E-state index contributed by atoms with van der Waals surface area (Å²) in [6, 6.07) is 4.48. The van der Waals surface area contributed by atoms with E-state index < -0.39 is 11.2 Å². The highest BCUT2D eigenvalue weighted by atomic mass is 19.1. The molecule has 1 saturated carbocycles. The first-order chi connectivity index (χ1) is 13.7. The maximum Gasteiger partial charge on any atom is 0.219 e. The van der Waals surface area contributed by atoms with Crippen LogP contribution in [-0.2, 0) is 4.79 Å².